The average molecular weight is 356 g/mol. The minimum absolute atomic E-state index is 0.0753. The van der Waals surface area contributed by atoms with E-state index in [1.165, 1.54) is 0 Å². The minimum Gasteiger partial charge on any atom is -0.493 e. The Balaban J connectivity index is 2.01. The van der Waals surface area contributed by atoms with E-state index in [-0.39, 0.29) is 18.1 Å². The van der Waals surface area contributed by atoms with Gasteiger partial charge in [-0.15, -0.1) is 0 Å². The molecule has 0 radical (unpaired) electrons. The van der Waals surface area contributed by atoms with Gasteiger partial charge in [-0.25, -0.2) is 0 Å². The molecule has 2 aromatic carbocycles. The highest BCUT2D eigenvalue weighted by Gasteiger charge is 2.12. The molecule has 5 heteroatoms. The lowest BCUT2D eigenvalue weighted by Crippen LogP contribution is -2.19. The molecule has 2 N–H and O–H groups in total. The number of rotatable bonds is 8. The molecule has 0 aliphatic rings. The number of carbonyl (C=O) groups is 1. The van der Waals surface area contributed by atoms with Gasteiger partial charge < -0.3 is 20.1 Å². The van der Waals surface area contributed by atoms with Crippen LogP contribution in [0.4, 0.5) is 0 Å². The normalized spacial score (nSPS) is 11.9. The Labute approximate surface area is 155 Å². The summed E-state index contributed by atoms with van der Waals surface area (Å²) in [7, 11) is 3.28. The van der Waals surface area contributed by atoms with Crippen molar-refractivity contribution in [3.8, 4) is 11.5 Å². The second-order valence-corrected chi connectivity index (χ2v) is 6.46. The first-order valence-electron chi connectivity index (χ1n) is 8.83. The second kappa shape index (κ2) is 9.25. The number of hydrogen-bond donors (Lipinski definition) is 2. The van der Waals surface area contributed by atoms with Crippen LogP contribution in [0, 0.1) is 0 Å². The van der Waals surface area contributed by atoms with E-state index in [4.69, 9.17) is 9.47 Å². The smallest absolute Gasteiger partial charge is 0.251 e. The van der Waals surface area contributed by atoms with Gasteiger partial charge in [0.15, 0.2) is 11.5 Å². The van der Waals surface area contributed by atoms with Gasteiger partial charge in [0.1, 0.15) is 0 Å². The number of benzene rings is 2. The third-order valence-corrected chi connectivity index (χ3v) is 4.11. The largest absolute Gasteiger partial charge is 0.493 e. The molecule has 2 rings (SSSR count). The molecule has 0 bridgehead atoms. The van der Waals surface area contributed by atoms with Crippen molar-refractivity contribution >= 4 is 5.91 Å². The van der Waals surface area contributed by atoms with Crippen molar-refractivity contribution in [2.45, 2.75) is 39.5 Å². The summed E-state index contributed by atoms with van der Waals surface area (Å²) in [5.74, 6) is 1.41. The highest BCUT2D eigenvalue weighted by Crippen LogP contribution is 2.31. The molecule has 1 amide bonds. The fraction of sp³-hybridized carbons (Fsp3) is 0.381. The van der Waals surface area contributed by atoms with Crippen molar-refractivity contribution in [2.24, 2.45) is 0 Å². The first-order chi connectivity index (χ1) is 12.4. The van der Waals surface area contributed by atoms with Crippen LogP contribution < -0.4 is 20.1 Å². The Hall–Kier alpha value is -2.53. The van der Waals surface area contributed by atoms with E-state index >= 15 is 0 Å². The maximum Gasteiger partial charge on any atom is 0.251 e. The van der Waals surface area contributed by atoms with Crippen molar-refractivity contribution in [1.29, 1.82) is 0 Å². The summed E-state index contributed by atoms with van der Waals surface area (Å²) in [5.41, 5.74) is 2.91. The third-order valence-electron chi connectivity index (χ3n) is 4.11. The molecule has 0 fully saturated rings. The maximum atomic E-state index is 11.6. The van der Waals surface area contributed by atoms with Crippen LogP contribution in [-0.4, -0.2) is 26.2 Å². The summed E-state index contributed by atoms with van der Waals surface area (Å²) in [6.07, 6.45) is 0.100. The van der Waals surface area contributed by atoms with Crippen LogP contribution in [0.3, 0.4) is 0 Å². The number of amides is 1. The van der Waals surface area contributed by atoms with Crippen LogP contribution in [0.15, 0.2) is 42.5 Å². The van der Waals surface area contributed by atoms with E-state index in [2.05, 4.69) is 17.6 Å². The van der Waals surface area contributed by atoms with Crippen LogP contribution in [-0.2, 0) is 6.54 Å². The molecule has 0 aliphatic carbocycles. The average Bonchev–Trinajstić information content (AvgIpc) is 2.65. The first-order valence-corrected chi connectivity index (χ1v) is 8.83. The highest BCUT2D eigenvalue weighted by molar-refractivity contribution is 5.93. The standard InChI is InChI=1S/C21H28N2O3/c1-14(2)26-19-11-10-18(12-20(19)25-5)15(3)23-13-16-6-8-17(9-7-16)21(24)22-4/h6-12,14-15,23H,13H2,1-5H3,(H,22,24). The molecular weight excluding hydrogens is 328 g/mol. The topological polar surface area (TPSA) is 59.6 Å². The SMILES string of the molecule is CNC(=O)c1ccc(CNC(C)c2ccc(OC(C)C)c(OC)c2)cc1. The molecule has 5 nitrogen and oxygen atoms in total. The lowest BCUT2D eigenvalue weighted by Gasteiger charge is -2.18. The summed E-state index contributed by atoms with van der Waals surface area (Å²) >= 11 is 0. The summed E-state index contributed by atoms with van der Waals surface area (Å²) in [5, 5.41) is 6.12. The number of carbonyl (C=O) groups excluding carboxylic acids is 1. The molecule has 0 saturated carbocycles. The van der Waals surface area contributed by atoms with Crippen molar-refractivity contribution in [3.63, 3.8) is 0 Å². The zero-order valence-corrected chi connectivity index (χ0v) is 16.1. The number of nitrogens with one attached hydrogen (secondary N) is 2. The minimum atomic E-state index is -0.0753. The van der Waals surface area contributed by atoms with Crippen LogP contribution in [0.1, 0.15) is 48.3 Å². The quantitative estimate of drug-likeness (QED) is 0.757. The van der Waals surface area contributed by atoms with Gasteiger partial charge in [-0.2, -0.15) is 0 Å². The Morgan fingerprint density at radius 1 is 1.04 bits per heavy atom. The van der Waals surface area contributed by atoms with Gasteiger partial charge in [0.05, 0.1) is 13.2 Å². The van der Waals surface area contributed by atoms with Crippen LogP contribution in [0.2, 0.25) is 0 Å². The summed E-state index contributed by atoms with van der Waals surface area (Å²) in [6.45, 7) is 6.80. The zero-order valence-electron chi connectivity index (χ0n) is 16.1. The van der Waals surface area contributed by atoms with Crippen molar-refractivity contribution < 1.29 is 14.3 Å². The monoisotopic (exact) mass is 356 g/mol. The Morgan fingerprint density at radius 3 is 2.31 bits per heavy atom. The molecule has 140 valence electrons. The molecule has 1 atom stereocenters. The molecule has 0 aliphatic heterocycles. The van der Waals surface area contributed by atoms with E-state index in [9.17, 15) is 4.79 Å². The number of hydrogen-bond acceptors (Lipinski definition) is 4. The van der Waals surface area contributed by atoms with Gasteiger partial charge in [0.25, 0.3) is 5.91 Å². The predicted octanol–water partition coefficient (Wildman–Crippen LogP) is 3.69. The van der Waals surface area contributed by atoms with Crippen molar-refractivity contribution in [3.05, 3.63) is 59.2 Å². The van der Waals surface area contributed by atoms with Crippen LogP contribution in [0.5, 0.6) is 11.5 Å². The predicted molar refractivity (Wildman–Crippen MR) is 104 cm³/mol. The Morgan fingerprint density at radius 2 is 1.73 bits per heavy atom. The van der Waals surface area contributed by atoms with Crippen molar-refractivity contribution in [1.82, 2.24) is 10.6 Å². The lowest BCUT2D eigenvalue weighted by atomic mass is 10.1. The summed E-state index contributed by atoms with van der Waals surface area (Å²) < 4.78 is 11.2. The van der Waals surface area contributed by atoms with E-state index in [1.807, 2.05) is 56.3 Å². The van der Waals surface area contributed by atoms with Gasteiger partial charge in [0, 0.05) is 25.2 Å². The Kier molecular flexibility index (Phi) is 7.04. The highest BCUT2D eigenvalue weighted by atomic mass is 16.5. The van der Waals surface area contributed by atoms with Gasteiger partial charge in [0.2, 0.25) is 0 Å². The lowest BCUT2D eigenvalue weighted by molar-refractivity contribution is 0.0963. The molecule has 0 heterocycles. The van der Waals surface area contributed by atoms with Crippen LogP contribution in [0.25, 0.3) is 0 Å². The second-order valence-electron chi connectivity index (χ2n) is 6.46. The fourth-order valence-corrected chi connectivity index (χ4v) is 2.61. The van der Waals surface area contributed by atoms with Gasteiger partial charge in [-0.3, -0.25) is 4.79 Å². The molecule has 0 spiro atoms. The Bertz CT molecular complexity index is 727. The molecule has 1 unspecified atom stereocenters. The number of ether oxygens (including phenoxy) is 2. The maximum absolute atomic E-state index is 11.6. The van der Waals surface area contributed by atoms with Crippen molar-refractivity contribution in [2.75, 3.05) is 14.2 Å². The zero-order chi connectivity index (χ0) is 19.1. The van der Waals surface area contributed by atoms with Gasteiger partial charge in [-0.05, 0) is 56.2 Å². The van der Waals surface area contributed by atoms with E-state index in [0.29, 0.717) is 12.1 Å². The molecule has 0 saturated heterocycles. The first kappa shape index (κ1) is 19.8. The van der Waals surface area contributed by atoms with E-state index in [1.54, 1.807) is 14.2 Å². The third kappa shape index (κ3) is 5.23. The number of methoxy groups -OCH3 is 1. The fourth-order valence-electron chi connectivity index (χ4n) is 2.61. The molecule has 26 heavy (non-hydrogen) atoms. The van der Waals surface area contributed by atoms with E-state index in [0.717, 1.165) is 22.6 Å². The van der Waals surface area contributed by atoms with Crippen LogP contribution >= 0.6 is 0 Å². The molecular formula is C21H28N2O3. The van der Waals surface area contributed by atoms with Gasteiger partial charge in [-0.1, -0.05) is 18.2 Å². The summed E-state index contributed by atoms with van der Waals surface area (Å²) in [6, 6.07) is 13.7. The molecule has 2 aromatic rings. The van der Waals surface area contributed by atoms with Gasteiger partial charge >= 0.3 is 0 Å². The molecule has 0 aromatic heterocycles. The summed E-state index contributed by atoms with van der Waals surface area (Å²) in [4.78, 5) is 11.6. The van der Waals surface area contributed by atoms with E-state index < -0.39 is 0 Å².